The molecule has 92 valence electrons. The van der Waals surface area contributed by atoms with Crippen molar-refractivity contribution in [3.8, 4) is 5.75 Å². The summed E-state index contributed by atoms with van der Waals surface area (Å²) in [5.74, 6) is -1.13. The van der Waals surface area contributed by atoms with Crippen molar-refractivity contribution in [2.24, 2.45) is 0 Å². The van der Waals surface area contributed by atoms with E-state index in [0.29, 0.717) is 18.0 Å². The van der Waals surface area contributed by atoms with Gasteiger partial charge in [0.1, 0.15) is 5.75 Å². The van der Waals surface area contributed by atoms with Gasteiger partial charge in [-0.2, -0.15) is 0 Å². The van der Waals surface area contributed by atoms with Crippen LogP contribution in [0.3, 0.4) is 0 Å². The van der Waals surface area contributed by atoms with Crippen molar-refractivity contribution < 1.29 is 19.4 Å². The summed E-state index contributed by atoms with van der Waals surface area (Å²) < 4.78 is 5.33. The van der Waals surface area contributed by atoms with Crippen LogP contribution in [0.1, 0.15) is 13.8 Å². The van der Waals surface area contributed by atoms with Crippen molar-refractivity contribution in [2.45, 2.75) is 19.9 Å². The molecule has 1 aromatic carbocycles. The number of carbonyl (C=O) groups excluding carboxylic acids is 1. The number of hydrogen-bond acceptors (Lipinski definition) is 4. The van der Waals surface area contributed by atoms with Crippen LogP contribution in [0.4, 0.5) is 5.69 Å². The Labute approximate surface area is 99.4 Å². The SMILES string of the molecule is CCOc1ccccc1NC(C(C)=O)C(=O)O. The Balaban J connectivity index is 2.92. The molecule has 0 heterocycles. The second-order valence-corrected chi connectivity index (χ2v) is 3.46. The number of rotatable bonds is 6. The van der Waals surface area contributed by atoms with Crippen LogP contribution in [-0.2, 0) is 9.59 Å². The van der Waals surface area contributed by atoms with Gasteiger partial charge in [-0.1, -0.05) is 12.1 Å². The molecule has 5 nitrogen and oxygen atoms in total. The van der Waals surface area contributed by atoms with E-state index in [9.17, 15) is 9.59 Å². The number of carboxylic acid groups (broad SMARTS) is 1. The van der Waals surface area contributed by atoms with Gasteiger partial charge in [0.25, 0.3) is 0 Å². The van der Waals surface area contributed by atoms with Crippen LogP contribution in [0.25, 0.3) is 0 Å². The van der Waals surface area contributed by atoms with Gasteiger partial charge in [-0.25, -0.2) is 4.79 Å². The first kappa shape index (κ1) is 13.0. The van der Waals surface area contributed by atoms with Crippen LogP contribution >= 0.6 is 0 Å². The normalized spacial score (nSPS) is 11.6. The number of benzene rings is 1. The van der Waals surface area contributed by atoms with E-state index in [4.69, 9.17) is 9.84 Å². The minimum Gasteiger partial charge on any atom is -0.492 e. The molecule has 1 unspecified atom stereocenters. The molecular weight excluding hydrogens is 222 g/mol. The van der Waals surface area contributed by atoms with Crippen LogP contribution in [0, 0.1) is 0 Å². The average Bonchev–Trinajstić information content (AvgIpc) is 2.27. The van der Waals surface area contributed by atoms with E-state index in [0.717, 1.165) is 0 Å². The number of ether oxygens (including phenoxy) is 1. The Morgan fingerprint density at radius 2 is 2.06 bits per heavy atom. The number of hydrogen-bond donors (Lipinski definition) is 2. The van der Waals surface area contributed by atoms with Gasteiger partial charge in [0.2, 0.25) is 0 Å². The lowest BCUT2D eigenvalue weighted by Crippen LogP contribution is -2.35. The van der Waals surface area contributed by atoms with Gasteiger partial charge in [0.15, 0.2) is 11.8 Å². The number of carbonyl (C=O) groups is 2. The highest BCUT2D eigenvalue weighted by Crippen LogP contribution is 2.24. The van der Waals surface area contributed by atoms with Gasteiger partial charge in [0.05, 0.1) is 12.3 Å². The van der Waals surface area contributed by atoms with E-state index < -0.39 is 17.8 Å². The van der Waals surface area contributed by atoms with E-state index in [1.165, 1.54) is 6.92 Å². The number of carboxylic acids is 1. The Morgan fingerprint density at radius 1 is 1.41 bits per heavy atom. The second-order valence-electron chi connectivity index (χ2n) is 3.46. The van der Waals surface area contributed by atoms with Crippen LogP contribution in [0.2, 0.25) is 0 Å². The van der Waals surface area contributed by atoms with Crippen molar-refractivity contribution in [1.82, 2.24) is 0 Å². The van der Waals surface area contributed by atoms with Crippen LogP contribution < -0.4 is 10.1 Å². The van der Waals surface area contributed by atoms with Crippen molar-refractivity contribution in [3.05, 3.63) is 24.3 Å². The minimum atomic E-state index is -1.25. The third-order valence-corrected chi connectivity index (χ3v) is 2.14. The maximum Gasteiger partial charge on any atom is 0.333 e. The molecule has 0 aliphatic carbocycles. The first-order valence-electron chi connectivity index (χ1n) is 5.28. The average molecular weight is 237 g/mol. The largest absolute Gasteiger partial charge is 0.492 e. The fourth-order valence-corrected chi connectivity index (χ4v) is 1.36. The molecule has 0 aliphatic rings. The van der Waals surface area contributed by atoms with Gasteiger partial charge >= 0.3 is 5.97 Å². The quantitative estimate of drug-likeness (QED) is 0.734. The van der Waals surface area contributed by atoms with E-state index in [2.05, 4.69) is 5.32 Å². The highest BCUT2D eigenvalue weighted by atomic mass is 16.5. The number of Topliss-reactive ketones (excluding diaryl/α,β-unsaturated/α-hetero) is 1. The maximum atomic E-state index is 11.2. The van der Waals surface area contributed by atoms with E-state index in [1.807, 2.05) is 6.92 Å². The third-order valence-electron chi connectivity index (χ3n) is 2.14. The molecule has 0 saturated carbocycles. The second kappa shape index (κ2) is 5.89. The van der Waals surface area contributed by atoms with Gasteiger partial charge in [-0.05, 0) is 26.0 Å². The highest BCUT2D eigenvalue weighted by molar-refractivity contribution is 6.03. The zero-order valence-electron chi connectivity index (χ0n) is 9.77. The van der Waals surface area contributed by atoms with Gasteiger partial charge < -0.3 is 15.2 Å². The number of para-hydroxylation sites is 2. The lowest BCUT2D eigenvalue weighted by molar-refractivity contribution is -0.140. The molecule has 0 aromatic heterocycles. The lowest BCUT2D eigenvalue weighted by atomic mass is 10.2. The molecular formula is C12H15NO4. The van der Waals surface area contributed by atoms with Crippen LogP contribution in [-0.4, -0.2) is 29.5 Å². The topological polar surface area (TPSA) is 75.6 Å². The Morgan fingerprint density at radius 3 is 2.59 bits per heavy atom. The Bertz CT molecular complexity index is 403. The third kappa shape index (κ3) is 3.48. The van der Waals surface area contributed by atoms with Gasteiger partial charge in [-0.15, -0.1) is 0 Å². The maximum absolute atomic E-state index is 11.2. The highest BCUT2D eigenvalue weighted by Gasteiger charge is 2.23. The standard InChI is InChI=1S/C12H15NO4/c1-3-17-10-7-5-4-6-9(10)13-11(8(2)14)12(15)16/h4-7,11,13H,3H2,1-2H3,(H,15,16). The zero-order valence-corrected chi connectivity index (χ0v) is 9.77. The first-order valence-corrected chi connectivity index (χ1v) is 5.28. The van der Waals surface area contributed by atoms with Crippen molar-refractivity contribution >= 4 is 17.4 Å². The predicted molar refractivity (Wildman–Crippen MR) is 63.3 cm³/mol. The molecule has 0 radical (unpaired) electrons. The molecule has 0 amide bonds. The summed E-state index contributed by atoms with van der Waals surface area (Å²) in [6, 6.07) is 5.65. The van der Waals surface area contributed by atoms with Crippen LogP contribution in [0.5, 0.6) is 5.75 Å². The molecule has 1 aromatic rings. The first-order chi connectivity index (χ1) is 8.06. The van der Waals surface area contributed by atoms with Crippen molar-refractivity contribution in [1.29, 1.82) is 0 Å². The summed E-state index contributed by atoms with van der Waals surface area (Å²) >= 11 is 0. The molecule has 0 saturated heterocycles. The summed E-state index contributed by atoms with van der Waals surface area (Å²) in [4.78, 5) is 22.1. The summed E-state index contributed by atoms with van der Waals surface area (Å²) in [6.45, 7) is 3.53. The van der Waals surface area contributed by atoms with Gasteiger partial charge in [-0.3, -0.25) is 4.79 Å². The molecule has 1 atom stereocenters. The molecule has 17 heavy (non-hydrogen) atoms. The molecule has 1 rings (SSSR count). The molecule has 0 fully saturated rings. The fourth-order valence-electron chi connectivity index (χ4n) is 1.36. The molecule has 0 bridgehead atoms. The van der Waals surface area contributed by atoms with Gasteiger partial charge in [0, 0.05) is 0 Å². The van der Waals surface area contributed by atoms with Crippen LogP contribution in [0.15, 0.2) is 24.3 Å². The van der Waals surface area contributed by atoms with E-state index in [-0.39, 0.29) is 0 Å². The van der Waals surface area contributed by atoms with E-state index in [1.54, 1.807) is 24.3 Å². The molecule has 5 heteroatoms. The lowest BCUT2D eigenvalue weighted by Gasteiger charge is -2.15. The number of ketones is 1. The predicted octanol–water partition coefficient (Wildman–Crippen LogP) is 1.54. The number of nitrogens with one attached hydrogen (secondary N) is 1. The number of anilines is 1. The zero-order chi connectivity index (χ0) is 12.8. The number of aliphatic carboxylic acids is 1. The summed E-state index contributed by atoms with van der Waals surface area (Å²) in [5.41, 5.74) is 0.497. The summed E-state index contributed by atoms with van der Waals surface area (Å²) in [5, 5.41) is 11.6. The molecule has 2 N–H and O–H groups in total. The molecule has 0 spiro atoms. The van der Waals surface area contributed by atoms with Crippen molar-refractivity contribution in [2.75, 3.05) is 11.9 Å². The fraction of sp³-hybridized carbons (Fsp3) is 0.333. The Kier molecular flexibility index (Phi) is 4.51. The minimum absolute atomic E-state index is 0.455. The monoisotopic (exact) mass is 237 g/mol. The smallest absolute Gasteiger partial charge is 0.333 e. The summed E-state index contributed by atoms with van der Waals surface area (Å²) in [6.07, 6.45) is 0. The van der Waals surface area contributed by atoms with Crippen molar-refractivity contribution in [3.63, 3.8) is 0 Å². The summed E-state index contributed by atoms with van der Waals surface area (Å²) in [7, 11) is 0. The molecule has 0 aliphatic heterocycles. The van der Waals surface area contributed by atoms with E-state index >= 15 is 0 Å². The Hall–Kier alpha value is -2.04.